The highest BCUT2D eigenvalue weighted by molar-refractivity contribution is 5.89. The standard InChI is InChI=1S/C16H13N3O2/c1-10-14(15(20)21)9-17-16(18-10)19-13-7-6-11-4-2-3-5-12(11)8-13/h2-9H,1H3,(H,20,21)(H,17,18,19). The Labute approximate surface area is 121 Å². The van der Waals surface area contributed by atoms with Gasteiger partial charge in [-0.25, -0.2) is 14.8 Å². The van der Waals surface area contributed by atoms with E-state index in [0.717, 1.165) is 16.5 Å². The molecule has 0 aliphatic carbocycles. The predicted octanol–water partition coefficient (Wildman–Crippen LogP) is 3.38. The van der Waals surface area contributed by atoms with Crippen LogP contribution < -0.4 is 5.32 Å². The smallest absolute Gasteiger partial charge is 0.339 e. The van der Waals surface area contributed by atoms with Crippen LogP contribution in [-0.2, 0) is 0 Å². The fourth-order valence-corrected chi connectivity index (χ4v) is 2.13. The average molecular weight is 279 g/mol. The van der Waals surface area contributed by atoms with E-state index < -0.39 is 5.97 Å². The van der Waals surface area contributed by atoms with E-state index in [1.54, 1.807) is 6.92 Å². The van der Waals surface area contributed by atoms with Crippen molar-refractivity contribution >= 4 is 28.4 Å². The normalized spacial score (nSPS) is 10.5. The number of aromatic carboxylic acids is 1. The van der Waals surface area contributed by atoms with E-state index in [2.05, 4.69) is 15.3 Å². The van der Waals surface area contributed by atoms with Crippen molar-refractivity contribution in [3.63, 3.8) is 0 Å². The Morgan fingerprint density at radius 2 is 1.90 bits per heavy atom. The van der Waals surface area contributed by atoms with E-state index in [9.17, 15) is 4.79 Å². The summed E-state index contributed by atoms with van der Waals surface area (Å²) in [6.07, 6.45) is 1.31. The summed E-state index contributed by atoms with van der Waals surface area (Å²) in [6, 6.07) is 14.0. The number of fused-ring (bicyclic) bond motifs is 1. The minimum atomic E-state index is -1.02. The number of aromatic nitrogens is 2. The predicted molar refractivity (Wildman–Crippen MR) is 81.0 cm³/mol. The number of benzene rings is 2. The third kappa shape index (κ3) is 2.67. The number of nitrogens with one attached hydrogen (secondary N) is 1. The maximum atomic E-state index is 10.9. The number of anilines is 2. The lowest BCUT2D eigenvalue weighted by Crippen LogP contribution is -2.06. The van der Waals surface area contributed by atoms with Crippen LogP contribution in [0.4, 0.5) is 11.6 Å². The first kappa shape index (κ1) is 13.1. The molecule has 0 saturated heterocycles. The Morgan fingerprint density at radius 3 is 2.62 bits per heavy atom. The van der Waals surface area contributed by atoms with Crippen LogP contribution in [-0.4, -0.2) is 21.0 Å². The van der Waals surface area contributed by atoms with Crippen molar-refractivity contribution in [2.24, 2.45) is 0 Å². The summed E-state index contributed by atoms with van der Waals surface area (Å²) in [5.74, 6) is -0.641. The van der Waals surface area contributed by atoms with Gasteiger partial charge < -0.3 is 10.4 Å². The molecule has 1 aromatic heterocycles. The van der Waals surface area contributed by atoms with Crippen molar-refractivity contribution in [2.45, 2.75) is 6.92 Å². The lowest BCUT2D eigenvalue weighted by molar-refractivity contribution is 0.0695. The molecule has 0 spiro atoms. The van der Waals surface area contributed by atoms with E-state index in [0.29, 0.717) is 11.6 Å². The summed E-state index contributed by atoms with van der Waals surface area (Å²) in [4.78, 5) is 19.1. The molecule has 21 heavy (non-hydrogen) atoms. The zero-order valence-electron chi connectivity index (χ0n) is 11.4. The van der Waals surface area contributed by atoms with Crippen molar-refractivity contribution in [3.8, 4) is 0 Å². The minimum absolute atomic E-state index is 0.110. The molecule has 5 nitrogen and oxygen atoms in total. The highest BCUT2D eigenvalue weighted by Crippen LogP contribution is 2.21. The molecule has 1 heterocycles. The van der Waals surface area contributed by atoms with Gasteiger partial charge in [0, 0.05) is 11.9 Å². The Morgan fingerprint density at radius 1 is 1.14 bits per heavy atom. The molecule has 0 fully saturated rings. The number of rotatable bonds is 3. The third-order valence-electron chi connectivity index (χ3n) is 3.22. The van der Waals surface area contributed by atoms with Crippen molar-refractivity contribution < 1.29 is 9.90 Å². The van der Waals surface area contributed by atoms with Crippen LogP contribution in [0.2, 0.25) is 0 Å². The van der Waals surface area contributed by atoms with Gasteiger partial charge in [0.05, 0.1) is 11.3 Å². The van der Waals surface area contributed by atoms with Gasteiger partial charge >= 0.3 is 5.97 Å². The fourth-order valence-electron chi connectivity index (χ4n) is 2.13. The Hall–Kier alpha value is -2.95. The third-order valence-corrected chi connectivity index (χ3v) is 3.22. The molecule has 5 heteroatoms. The monoisotopic (exact) mass is 279 g/mol. The summed E-state index contributed by atoms with van der Waals surface area (Å²) >= 11 is 0. The molecule has 2 aromatic carbocycles. The molecule has 0 radical (unpaired) electrons. The molecule has 0 bridgehead atoms. The second kappa shape index (κ2) is 5.20. The van der Waals surface area contributed by atoms with Gasteiger partial charge in [-0.2, -0.15) is 0 Å². The molecular weight excluding hydrogens is 266 g/mol. The molecule has 0 amide bonds. The minimum Gasteiger partial charge on any atom is -0.478 e. The molecule has 2 N–H and O–H groups in total. The number of carboxylic acids is 1. The zero-order chi connectivity index (χ0) is 14.8. The molecular formula is C16H13N3O2. The van der Waals surface area contributed by atoms with Crippen molar-refractivity contribution in [1.82, 2.24) is 9.97 Å². The summed E-state index contributed by atoms with van der Waals surface area (Å²) < 4.78 is 0. The highest BCUT2D eigenvalue weighted by atomic mass is 16.4. The largest absolute Gasteiger partial charge is 0.478 e. The molecule has 0 atom stereocenters. The van der Waals surface area contributed by atoms with E-state index in [-0.39, 0.29) is 5.56 Å². The number of hydrogen-bond acceptors (Lipinski definition) is 4. The number of carbonyl (C=O) groups is 1. The lowest BCUT2D eigenvalue weighted by atomic mass is 10.1. The SMILES string of the molecule is Cc1nc(Nc2ccc3ccccc3c2)ncc1C(=O)O. The molecule has 3 rings (SSSR count). The summed E-state index contributed by atoms with van der Waals surface area (Å²) in [5, 5.41) is 14.3. The Bertz CT molecular complexity index is 831. The van der Waals surface area contributed by atoms with Crippen molar-refractivity contribution in [1.29, 1.82) is 0 Å². The van der Waals surface area contributed by atoms with Crippen LogP contribution in [0.1, 0.15) is 16.1 Å². The van der Waals surface area contributed by atoms with Gasteiger partial charge in [-0.05, 0) is 29.8 Å². The van der Waals surface area contributed by atoms with Crippen molar-refractivity contribution in [2.75, 3.05) is 5.32 Å². The van der Waals surface area contributed by atoms with E-state index in [1.165, 1.54) is 6.20 Å². The quantitative estimate of drug-likeness (QED) is 0.768. The number of nitrogens with zero attached hydrogens (tertiary/aromatic N) is 2. The van der Waals surface area contributed by atoms with E-state index in [1.807, 2.05) is 42.5 Å². The molecule has 0 aliphatic rings. The Balaban J connectivity index is 1.91. The van der Waals surface area contributed by atoms with Gasteiger partial charge in [-0.3, -0.25) is 0 Å². The first-order valence-electron chi connectivity index (χ1n) is 6.46. The molecule has 0 saturated carbocycles. The first-order chi connectivity index (χ1) is 10.1. The zero-order valence-corrected chi connectivity index (χ0v) is 11.4. The maximum absolute atomic E-state index is 10.9. The number of carboxylic acid groups (broad SMARTS) is 1. The second-order valence-electron chi connectivity index (χ2n) is 4.68. The van der Waals surface area contributed by atoms with Crippen LogP contribution in [0, 0.1) is 6.92 Å². The molecule has 3 aromatic rings. The van der Waals surface area contributed by atoms with Crippen molar-refractivity contribution in [3.05, 3.63) is 59.9 Å². The van der Waals surface area contributed by atoms with Gasteiger partial charge in [0.1, 0.15) is 0 Å². The van der Waals surface area contributed by atoms with Gasteiger partial charge in [-0.1, -0.05) is 30.3 Å². The lowest BCUT2D eigenvalue weighted by Gasteiger charge is -2.07. The van der Waals surface area contributed by atoms with Gasteiger partial charge in [0.2, 0.25) is 5.95 Å². The average Bonchev–Trinajstić information content (AvgIpc) is 2.47. The summed E-state index contributed by atoms with van der Waals surface area (Å²) in [7, 11) is 0. The van der Waals surface area contributed by atoms with Crippen LogP contribution in [0.3, 0.4) is 0 Å². The molecule has 0 aliphatic heterocycles. The Kier molecular flexibility index (Phi) is 3.23. The fraction of sp³-hybridized carbons (Fsp3) is 0.0625. The number of aryl methyl sites for hydroxylation is 1. The van der Waals surface area contributed by atoms with Gasteiger partial charge in [0.15, 0.2) is 0 Å². The first-order valence-corrected chi connectivity index (χ1v) is 6.46. The van der Waals surface area contributed by atoms with Gasteiger partial charge in [0.25, 0.3) is 0 Å². The van der Waals surface area contributed by atoms with Gasteiger partial charge in [-0.15, -0.1) is 0 Å². The van der Waals surface area contributed by atoms with Crippen LogP contribution in [0.15, 0.2) is 48.7 Å². The van der Waals surface area contributed by atoms with Crippen LogP contribution in [0.5, 0.6) is 0 Å². The maximum Gasteiger partial charge on any atom is 0.339 e. The highest BCUT2D eigenvalue weighted by Gasteiger charge is 2.10. The summed E-state index contributed by atoms with van der Waals surface area (Å²) in [6.45, 7) is 1.65. The van der Waals surface area contributed by atoms with Crippen LogP contribution >= 0.6 is 0 Å². The van der Waals surface area contributed by atoms with E-state index >= 15 is 0 Å². The summed E-state index contributed by atoms with van der Waals surface area (Å²) in [5.41, 5.74) is 1.40. The molecule has 104 valence electrons. The van der Waals surface area contributed by atoms with E-state index in [4.69, 9.17) is 5.11 Å². The topological polar surface area (TPSA) is 75.1 Å². The molecule has 0 unspecified atom stereocenters. The number of hydrogen-bond donors (Lipinski definition) is 2. The van der Waals surface area contributed by atoms with Crippen LogP contribution in [0.25, 0.3) is 10.8 Å². The second-order valence-corrected chi connectivity index (χ2v) is 4.68.